The van der Waals surface area contributed by atoms with Crippen molar-refractivity contribution in [1.29, 1.82) is 0 Å². The second-order valence-corrected chi connectivity index (χ2v) is 7.87. The predicted molar refractivity (Wildman–Crippen MR) is 84.0 cm³/mol. The zero-order valence-electron chi connectivity index (χ0n) is 12.6. The number of hydrogen-bond donors (Lipinski definition) is 2. The van der Waals surface area contributed by atoms with E-state index in [0.717, 1.165) is 11.1 Å². The molecule has 0 radical (unpaired) electrons. The van der Waals surface area contributed by atoms with Gasteiger partial charge in [-0.3, -0.25) is 0 Å². The molecule has 0 bridgehead atoms. The van der Waals surface area contributed by atoms with Gasteiger partial charge in [-0.15, -0.1) is 0 Å². The van der Waals surface area contributed by atoms with E-state index in [2.05, 4.69) is 5.32 Å². The van der Waals surface area contributed by atoms with E-state index in [1.807, 2.05) is 24.3 Å². The number of carbonyl (C=O) groups is 1. The fourth-order valence-corrected chi connectivity index (χ4v) is 5.13. The normalized spacial score (nSPS) is 25.0. The number of ether oxygens (including phenoxy) is 1. The van der Waals surface area contributed by atoms with Crippen molar-refractivity contribution in [1.82, 2.24) is 9.62 Å². The summed E-state index contributed by atoms with van der Waals surface area (Å²) >= 11 is 0. The van der Waals surface area contributed by atoms with Gasteiger partial charge in [-0.05, 0) is 17.5 Å². The van der Waals surface area contributed by atoms with Gasteiger partial charge in [-0.2, -0.15) is 4.31 Å². The average Bonchev–Trinajstić information content (AvgIpc) is 2.85. The molecule has 2 aliphatic rings. The molecular formula is C15H20N2O5S. The van der Waals surface area contributed by atoms with E-state index in [1.165, 1.54) is 4.31 Å². The molecule has 3 rings (SSSR count). The highest BCUT2D eigenvalue weighted by Crippen LogP contribution is 2.35. The molecule has 2 atom stereocenters. The van der Waals surface area contributed by atoms with Crippen molar-refractivity contribution in [3.8, 4) is 0 Å². The summed E-state index contributed by atoms with van der Waals surface area (Å²) in [6, 6.07) is 7.14. The maximum absolute atomic E-state index is 12.7. The lowest BCUT2D eigenvalue weighted by Crippen LogP contribution is -2.45. The smallest absolute Gasteiger partial charge is 0.404 e. The minimum absolute atomic E-state index is 0.0883. The number of fused-ring (bicyclic) bond motifs is 1. The fraction of sp³-hybridized carbons (Fsp3) is 0.533. The topological polar surface area (TPSA) is 95.9 Å². The summed E-state index contributed by atoms with van der Waals surface area (Å²) in [6.45, 7) is 1.51. The van der Waals surface area contributed by atoms with Crippen LogP contribution in [0.5, 0.6) is 0 Å². The van der Waals surface area contributed by atoms with Crippen LogP contribution < -0.4 is 5.32 Å². The van der Waals surface area contributed by atoms with E-state index in [1.54, 1.807) is 0 Å². The molecule has 0 spiro atoms. The SMILES string of the molecule is O=C(O)N[C@@H]1Cc2ccccc2[C@@H]1CS(=O)(=O)N1CCOCC1. The first-order chi connectivity index (χ1) is 11.0. The average molecular weight is 340 g/mol. The van der Waals surface area contributed by atoms with Crippen molar-refractivity contribution >= 4 is 16.1 Å². The van der Waals surface area contributed by atoms with Crippen molar-refractivity contribution in [2.45, 2.75) is 18.4 Å². The Labute approximate surface area is 135 Å². The Morgan fingerprint density at radius 1 is 1.30 bits per heavy atom. The third-order valence-electron chi connectivity index (χ3n) is 4.44. The number of nitrogens with zero attached hydrogens (tertiary/aromatic N) is 1. The quantitative estimate of drug-likeness (QED) is 0.838. The summed E-state index contributed by atoms with van der Waals surface area (Å²) < 4.78 is 32.0. The molecule has 1 heterocycles. The zero-order valence-corrected chi connectivity index (χ0v) is 13.5. The molecule has 1 aliphatic carbocycles. The second kappa shape index (κ2) is 6.46. The molecule has 8 heteroatoms. The van der Waals surface area contributed by atoms with Gasteiger partial charge in [0.2, 0.25) is 10.0 Å². The maximum Gasteiger partial charge on any atom is 0.404 e. The first-order valence-corrected chi connectivity index (χ1v) is 9.21. The molecule has 7 nitrogen and oxygen atoms in total. The number of carboxylic acid groups (broad SMARTS) is 1. The third kappa shape index (κ3) is 3.49. The minimum atomic E-state index is -3.46. The molecule has 23 heavy (non-hydrogen) atoms. The van der Waals surface area contributed by atoms with Gasteiger partial charge in [0.05, 0.1) is 19.0 Å². The van der Waals surface area contributed by atoms with E-state index in [4.69, 9.17) is 9.84 Å². The van der Waals surface area contributed by atoms with Crippen LogP contribution in [0, 0.1) is 0 Å². The van der Waals surface area contributed by atoms with Crippen molar-refractivity contribution < 1.29 is 23.1 Å². The summed E-state index contributed by atoms with van der Waals surface area (Å²) in [4.78, 5) is 11.0. The molecule has 2 N–H and O–H groups in total. The lowest BCUT2D eigenvalue weighted by molar-refractivity contribution is 0.0729. The van der Waals surface area contributed by atoms with Gasteiger partial charge in [-0.25, -0.2) is 13.2 Å². The van der Waals surface area contributed by atoms with E-state index >= 15 is 0 Å². The second-order valence-electron chi connectivity index (χ2n) is 5.86. The Morgan fingerprint density at radius 2 is 2.00 bits per heavy atom. The highest BCUT2D eigenvalue weighted by atomic mass is 32.2. The van der Waals surface area contributed by atoms with Crippen LogP contribution in [0.25, 0.3) is 0 Å². The Bertz CT molecular complexity index is 685. The highest BCUT2D eigenvalue weighted by molar-refractivity contribution is 7.89. The van der Waals surface area contributed by atoms with Crippen LogP contribution in [-0.2, 0) is 21.2 Å². The summed E-state index contributed by atoms with van der Waals surface area (Å²) in [5.41, 5.74) is 1.93. The molecule has 0 saturated carbocycles. The fourth-order valence-electron chi connectivity index (χ4n) is 3.35. The minimum Gasteiger partial charge on any atom is -0.465 e. The number of nitrogens with one attached hydrogen (secondary N) is 1. The van der Waals surface area contributed by atoms with E-state index in [-0.39, 0.29) is 11.7 Å². The Balaban J connectivity index is 1.84. The Kier molecular flexibility index (Phi) is 4.56. The van der Waals surface area contributed by atoms with Crippen LogP contribution in [0.4, 0.5) is 4.79 Å². The van der Waals surface area contributed by atoms with Crippen LogP contribution in [0.3, 0.4) is 0 Å². The number of hydrogen-bond acceptors (Lipinski definition) is 4. The largest absolute Gasteiger partial charge is 0.465 e. The van der Waals surface area contributed by atoms with Gasteiger partial charge in [0, 0.05) is 25.0 Å². The lowest BCUT2D eigenvalue weighted by atomic mass is 10.0. The van der Waals surface area contributed by atoms with Crippen LogP contribution in [0.1, 0.15) is 17.0 Å². The standard InChI is InChI=1S/C15H20N2O5S/c18-15(19)16-14-9-11-3-1-2-4-12(11)13(14)10-23(20,21)17-5-7-22-8-6-17/h1-4,13-14,16H,5-10H2,(H,18,19)/t13-,14+/m0/s1. The van der Waals surface area contributed by atoms with Gasteiger partial charge in [-0.1, -0.05) is 24.3 Å². The van der Waals surface area contributed by atoms with Gasteiger partial charge >= 0.3 is 6.09 Å². The molecule has 1 aromatic rings. The third-order valence-corrected chi connectivity index (χ3v) is 6.37. The number of morpholine rings is 1. The molecule has 0 aromatic heterocycles. The lowest BCUT2D eigenvalue weighted by Gasteiger charge is -2.29. The molecule has 126 valence electrons. The van der Waals surface area contributed by atoms with E-state index in [0.29, 0.717) is 32.7 Å². The monoisotopic (exact) mass is 340 g/mol. The maximum atomic E-state index is 12.7. The molecular weight excluding hydrogens is 320 g/mol. The van der Waals surface area contributed by atoms with Gasteiger partial charge in [0.15, 0.2) is 0 Å². The van der Waals surface area contributed by atoms with Crippen molar-refractivity contribution in [2.75, 3.05) is 32.1 Å². The van der Waals surface area contributed by atoms with Crippen LogP contribution in [-0.4, -0.2) is 62.0 Å². The first-order valence-electron chi connectivity index (χ1n) is 7.60. The van der Waals surface area contributed by atoms with E-state index < -0.39 is 22.2 Å². The van der Waals surface area contributed by atoms with E-state index in [9.17, 15) is 13.2 Å². The summed E-state index contributed by atoms with van der Waals surface area (Å²) in [7, 11) is -3.46. The van der Waals surface area contributed by atoms with Crippen LogP contribution in [0.2, 0.25) is 0 Å². The molecule has 0 unspecified atom stereocenters. The number of sulfonamides is 1. The van der Waals surface area contributed by atoms with Crippen molar-refractivity contribution in [3.63, 3.8) is 0 Å². The first kappa shape index (κ1) is 16.2. The Morgan fingerprint density at radius 3 is 2.70 bits per heavy atom. The zero-order chi connectivity index (χ0) is 16.4. The van der Waals surface area contributed by atoms with Gasteiger partial charge in [0.1, 0.15) is 0 Å². The number of rotatable bonds is 4. The summed E-state index contributed by atoms with van der Waals surface area (Å²) in [6.07, 6.45) is -0.609. The number of amides is 1. The van der Waals surface area contributed by atoms with Crippen molar-refractivity contribution in [3.05, 3.63) is 35.4 Å². The van der Waals surface area contributed by atoms with Crippen molar-refractivity contribution in [2.24, 2.45) is 0 Å². The highest BCUT2D eigenvalue weighted by Gasteiger charge is 2.38. The summed E-state index contributed by atoms with van der Waals surface area (Å²) in [5, 5.41) is 11.5. The Hall–Kier alpha value is -1.64. The molecule has 1 aliphatic heterocycles. The summed E-state index contributed by atoms with van der Waals surface area (Å²) in [5.74, 6) is -0.454. The molecule has 1 amide bonds. The van der Waals surface area contributed by atoms with Gasteiger partial charge in [0.25, 0.3) is 0 Å². The molecule has 1 aromatic carbocycles. The predicted octanol–water partition coefficient (Wildman–Crippen LogP) is 0.624. The van der Waals surface area contributed by atoms with Crippen LogP contribution in [0.15, 0.2) is 24.3 Å². The number of benzene rings is 1. The van der Waals surface area contributed by atoms with Gasteiger partial charge < -0.3 is 15.2 Å². The molecule has 1 saturated heterocycles. The van der Waals surface area contributed by atoms with Crippen LogP contribution >= 0.6 is 0 Å². The molecule has 1 fully saturated rings.